The zero-order chi connectivity index (χ0) is 14.6. The van der Waals surface area contributed by atoms with Crippen LogP contribution in [-0.2, 0) is 9.84 Å². The molecule has 1 atom stereocenters. The molecule has 2 rings (SSSR count). The van der Waals surface area contributed by atoms with Crippen molar-refractivity contribution in [2.24, 2.45) is 0 Å². The fourth-order valence-electron chi connectivity index (χ4n) is 2.16. The lowest BCUT2D eigenvalue weighted by Gasteiger charge is -2.20. The highest BCUT2D eigenvalue weighted by Crippen LogP contribution is 2.30. The van der Waals surface area contributed by atoms with Gasteiger partial charge in [-0.1, -0.05) is 31.5 Å². The van der Waals surface area contributed by atoms with Crippen LogP contribution in [0.4, 0.5) is 5.69 Å². The van der Waals surface area contributed by atoms with Crippen molar-refractivity contribution in [2.75, 3.05) is 11.6 Å². The average Bonchev–Trinajstić information content (AvgIpc) is 2.91. The van der Waals surface area contributed by atoms with Gasteiger partial charge in [0.05, 0.1) is 16.6 Å². The minimum atomic E-state index is -3.22. The van der Waals surface area contributed by atoms with Crippen molar-refractivity contribution in [1.82, 2.24) is 0 Å². The van der Waals surface area contributed by atoms with E-state index >= 15 is 0 Å². The minimum absolute atomic E-state index is 0.155. The molecule has 5 heteroatoms. The van der Waals surface area contributed by atoms with E-state index in [0.29, 0.717) is 10.6 Å². The van der Waals surface area contributed by atoms with Crippen LogP contribution >= 0.6 is 11.3 Å². The molecule has 0 spiro atoms. The van der Waals surface area contributed by atoms with Gasteiger partial charge in [-0.15, -0.1) is 11.3 Å². The number of anilines is 1. The summed E-state index contributed by atoms with van der Waals surface area (Å²) in [6.07, 6.45) is 3.25. The highest BCUT2D eigenvalue weighted by atomic mass is 32.2. The van der Waals surface area contributed by atoms with Gasteiger partial charge in [0.2, 0.25) is 0 Å². The number of para-hydroxylation sites is 1. The Morgan fingerprint density at radius 3 is 2.55 bits per heavy atom. The van der Waals surface area contributed by atoms with Crippen LogP contribution in [0.25, 0.3) is 0 Å². The van der Waals surface area contributed by atoms with E-state index in [1.54, 1.807) is 23.5 Å². The molecule has 1 N–H and O–H groups in total. The second-order valence-electron chi connectivity index (χ2n) is 4.77. The van der Waals surface area contributed by atoms with Crippen molar-refractivity contribution in [3.8, 4) is 0 Å². The van der Waals surface area contributed by atoms with E-state index in [2.05, 4.69) is 18.3 Å². The SMILES string of the molecule is CCCC(Nc1ccccc1S(C)(=O)=O)c1cccs1. The van der Waals surface area contributed by atoms with Crippen LogP contribution in [0, 0.1) is 0 Å². The van der Waals surface area contributed by atoms with Gasteiger partial charge < -0.3 is 5.32 Å². The molecule has 0 aliphatic heterocycles. The Kier molecular flexibility index (Phi) is 4.83. The second-order valence-corrected chi connectivity index (χ2v) is 7.73. The number of benzene rings is 1. The molecule has 0 amide bonds. The van der Waals surface area contributed by atoms with Crippen molar-refractivity contribution < 1.29 is 8.42 Å². The Hall–Kier alpha value is -1.33. The molecule has 0 saturated carbocycles. The average molecular weight is 309 g/mol. The molecule has 1 aromatic carbocycles. The first-order chi connectivity index (χ1) is 9.52. The molecule has 1 aromatic heterocycles. The van der Waals surface area contributed by atoms with Crippen molar-refractivity contribution in [1.29, 1.82) is 0 Å². The predicted octanol–water partition coefficient (Wildman–Crippen LogP) is 4.10. The van der Waals surface area contributed by atoms with Crippen LogP contribution in [0.15, 0.2) is 46.7 Å². The zero-order valence-corrected chi connectivity index (χ0v) is 13.3. The van der Waals surface area contributed by atoms with E-state index in [9.17, 15) is 8.42 Å². The number of thiophene rings is 1. The normalized spacial score (nSPS) is 13.1. The molecule has 0 bridgehead atoms. The van der Waals surface area contributed by atoms with Gasteiger partial charge in [0.15, 0.2) is 9.84 Å². The summed E-state index contributed by atoms with van der Waals surface area (Å²) in [4.78, 5) is 1.59. The fourth-order valence-corrected chi connectivity index (χ4v) is 3.83. The van der Waals surface area contributed by atoms with Crippen molar-refractivity contribution in [3.63, 3.8) is 0 Å². The minimum Gasteiger partial charge on any atom is -0.376 e. The molecule has 20 heavy (non-hydrogen) atoms. The van der Waals surface area contributed by atoms with Gasteiger partial charge in [-0.3, -0.25) is 0 Å². The Bertz CT molecular complexity index is 648. The molecular formula is C15H19NO2S2. The zero-order valence-electron chi connectivity index (χ0n) is 11.7. The van der Waals surface area contributed by atoms with Crippen LogP contribution in [0.2, 0.25) is 0 Å². The van der Waals surface area contributed by atoms with E-state index in [4.69, 9.17) is 0 Å². The Morgan fingerprint density at radius 1 is 1.20 bits per heavy atom. The van der Waals surface area contributed by atoms with Crippen LogP contribution in [0.3, 0.4) is 0 Å². The maximum atomic E-state index is 11.8. The molecule has 0 radical (unpaired) electrons. The summed E-state index contributed by atoms with van der Waals surface area (Å²) in [5.41, 5.74) is 0.682. The third-order valence-electron chi connectivity index (χ3n) is 3.08. The third-order valence-corrected chi connectivity index (χ3v) is 5.22. The van der Waals surface area contributed by atoms with Gasteiger partial charge in [0.1, 0.15) is 0 Å². The van der Waals surface area contributed by atoms with E-state index in [1.165, 1.54) is 11.1 Å². The number of hydrogen-bond donors (Lipinski definition) is 1. The highest BCUT2D eigenvalue weighted by Gasteiger charge is 2.17. The first kappa shape index (κ1) is 15.1. The third kappa shape index (κ3) is 3.61. The van der Waals surface area contributed by atoms with Crippen LogP contribution in [0.1, 0.15) is 30.7 Å². The summed E-state index contributed by atoms with van der Waals surface area (Å²) in [6, 6.07) is 11.3. The number of sulfone groups is 1. The lowest BCUT2D eigenvalue weighted by molar-refractivity contribution is 0.601. The van der Waals surface area contributed by atoms with Gasteiger partial charge in [0, 0.05) is 11.1 Å². The van der Waals surface area contributed by atoms with Crippen molar-refractivity contribution in [2.45, 2.75) is 30.7 Å². The first-order valence-corrected chi connectivity index (χ1v) is 9.38. The Balaban J connectivity index is 2.32. The summed E-state index contributed by atoms with van der Waals surface area (Å²) in [7, 11) is -3.22. The largest absolute Gasteiger partial charge is 0.376 e. The monoisotopic (exact) mass is 309 g/mol. The van der Waals surface area contributed by atoms with Gasteiger partial charge in [-0.2, -0.15) is 0 Å². The van der Waals surface area contributed by atoms with Gasteiger partial charge in [-0.25, -0.2) is 8.42 Å². The topological polar surface area (TPSA) is 46.2 Å². The molecule has 108 valence electrons. The summed E-state index contributed by atoms with van der Waals surface area (Å²) in [5, 5.41) is 5.43. The van der Waals surface area contributed by atoms with Gasteiger partial charge >= 0.3 is 0 Å². The van der Waals surface area contributed by atoms with Crippen molar-refractivity contribution in [3.05, 3.63) is 46.7 Å². The van der Waals surface area contributed by atoms with E-state index < -0.39 is 9.84 Å². The van der Waals surface area contributed by atoms with Crippen LogP contribution < -0.4 is 5.32 Å². The molecule has 3 nitrogen and oxygen atoms in total. The molecule has 2 aromatic rings. The maximum Gasteiger partial charge on any atom is 0.177 e. The lowest BCUT2D eigenvalue weighted by Crippen LogP contribution is -2.12. The standard InChI is InChI=1S/C15H19NO2S2/c1-3-7-12(14-9-6-11-19-14)16-13-8-4-5-10-15(13)20(2,17)18/h4-6,8-12,16H,3,7H2,1-2H3. The maximum absolute atomic E-state index is 11.8. The van der Waals surface area contributed by atoms with E-state index in [0.717, 1.165) is 12.8 Å². The number of rotatable bonds is 6. The Morgan fingerprint density at radius 2 is 1.95 bits per heavy atom. The summed E-state index contributed by atoms with van der Waals surface area (Å²) >= 11 is 1.69. The predicted molar refractivity (Wildman–Crippen MR) is 85.1 cm³/mol. The lowest BCUT2D eigenvalue weighted by atomic mass is 10.1. The quantitative estimate of drug-likeness (QED) is 0.873. The smallest absolute Gasteiger partial charge is 0.177 e. The van der Waals surface area contributed by atoms with Crippen molar-refractivity contribution >= 4 is 26.9 Å². The number of hydrogen-bond acceptors (Lipinski definition) is 4. The van der Waals surface area contributed by atoms with Gasteiger partial charge in [0.25, 0.3) is 0 Å². The van der Waals surface area contributed by atoms with E-state index in [-0.39, 0.29) is 6.04 Å². The molecule has 1 unspecified atom stereocenters. The molecule has 0 aliphatic carbocycles. The first-order valence-electron chi connectivity index (χ1n) is 6.61. The highest BCUT2D eigenvalue weighted by molar-refractivity contribution is 7.90. The summed E-state index contributed by atoms with van der Waals surface area (Å²) < 4.78 is 23.7. The Labute approximate surface area is 124 Å². The summed E-state index contributed by atoms with van der Waals surface area (Å²) in [5.74, 6) is 0. The molecule has 0 fully saturated rings. The molecular weight excluding hydrogens is 290 g/mol. The molecule has 0 saturated heterocycles. The van der Waals surface area contributed by atoms with Crippen LogP contribution in [0.5, 0.6) is 0 Å². The number of nitrogens with one attached hydrogen (secondary N) is 1. The van der Waals surface area contributed by atoms with E-state index in [1.807, 2.05) is 23.6 Å². The molecule has 0 aliphatic rings. The second kappa shape index (κ2) is 6.41. The van der Waals surface area contributed by atoms with Crippen LogP contribution in [-0.4, -0.2) is 14.7 Å². The summed E-state index contributed by atoms with van der Waals surface area (Å²) in [6.45, 7) is 2.13. The molecule has 1 heterocycles. The van der Waals surface area contributed by atoms with Gasteiger partial charge in [-0.05, 0) is 30.0 Å². The fraction of sp³-hybridized carbons (Fsp3) is 0.333.